The highest BCUT2D eigenvalue weighted by Crippen LogP contribution is 2.32. The molecule has 0 aromatic heterocycles. The maximum atomic E-state index is 13.1. The van der Waals surface area contributed by atoms with Crippen LogP contribution in [0.3, 0.4) is 0 Å². The summed E-state index contributed by atoms with van der Waals surface area (Å²) in [6, 6.07) is 6.28. The summed E-state index contributed by atoms with van der Waals surface area (Å²) < 4.78 is 5.18. The van der Waals surface area contributed by atoms with Crippen molar-refractivity contribution in [2.24, 2.45) is 11.8 Å². The fourth-order valence-electron chi connectivity index (χ4n) is 4.14. The third-order valence-electron chi connectivity index (χ3n) is 6.09. The molecule has 0 radical (unpaired) electrons. The molecule has 1 aliphatic rings. The zero-order valence-electron chi connectivity index (χ0n) is 19.6. The Balaban J connectivity index is 2.10. The van der Waals surface area contributed by atoms with Gasteiger partial charge in [0.25, 0.3) is 0 Å². The number of amides is 4. The van der Waals surface area contributed by atoms with E-state index in [0.717, 1.165) is 16.9 Å². The van der Waals surface area contributed by atoms with Crippen LogP contribution in [0.5, 0.6) is 5.75 Å². The second-order valence-corrected chi connectivity index (χ2v) is 8.43. The van der Waals surface area contributed by atoms with Gasteiger partial charge < -0.3 is 10.1 Å². The van der Waals surface area contributed by atoms with Crippen LogP contribution in [0.4, 0.5) is 0 Å². The average Bonchev–Trinajstić information content (AvgIpc) is 3.03. The molecule has 1 heterocycles. The van der Waals surface area contributed by atoms with Crippen molar-refractivity contribution in [3.63, 3.8) is 0 Å². The minimum atomic E-state index is -0.928. The number of carbonyl (C=O) groups excluding carboxylic acids is 4. The van der Waals surface area contributed by atoms with Crippen molar-refractivity contribution >= 4 is 23.6 Å². The maximum Gasteiger partial charge on any atom is 0.243 e. The summed E-state index contributed by atoms with van der Waals surface area (Å²) >= 11 is 0. The molecule has 2 rings (SSSR count). The van der Waals surface area contributed by atoms with Crippen molar-refractivity contribution in [1.29, 1.82) is 0 Å². The molecule has 0 saturated carbocycles. The second kappa shape index (κ2) is 12.9. The molecule has 3 atom stereocenters. The highest BCUT2D eigenvalue weighted by atomic mass is 16.5. The van der Waals surface area contributed by atoms with Gasteiger partial charge in [-0.1, -0.05) is 38.8 Å². The van der Waals surface area contributed by atoms with E-state index in [2.05, 4.69) is 5.32 Å². The smallest absolute Gasteiger partial charge is 0.243 e. The molecular formula is C24H35N3O6. The van der Waals surface area contributed by atoms with Crippen LogP contribution in [-0.4, -0.2) is 53.4 Å². The number of benzene rings is 1. The lowest BCUT2D eigenvalue weighted by Crippen LogP contribution is -2.51. The van der Waals surface area contributed by atoms with Crippen molar-refractivity contribution in [3.05, 3.63) is 29.8 Å². The molecule has 33 heavy (non-hydrogen) atoms. The molecule has 9 heteroatoms. The van der Waals surface area contributed by atoms with Gasteiger partial charge in [0.15, 0.2) is 0 Å². The first-order valence-corrected chi connectivity index (χ1v) is 11.5. The van der Waals surface area contributed by atoms with Gasteiger partial charge >= 0.3 is 0 Å². The summed E-state index contributed by atoms with van der Waals surface area (Å²) in [4.78, 5) is 51.4. The van der Waals surface area contributed by atoms with Crippen LogP contribution in [0.1, 0.15) is 57.9 Å². The Bertz CT molecular complexity index is 826. The fraction of sp³-hybridized carbons (Fsp3) is 0.583. The summed E-state index contributed by atoms with van der Waals surface area (Å²) in [5.41, 5.74) is 2.41. The molecule has 0 aliphatic carbocycles. The summed E-state index contributed by atoms with van der Waals surface area (Å²) in [5.74, 6) is -1.56. The number of hydrogen-bond acceptors (Lipinski definition) is 6. The van der Waals surface area contributed by atoms with Gasteiger partial charge in [0.05, 0.1) is 7.11 Å². The molecule has 9 nitrogen and oxygen atoms in total. The van der Waals surface area contributed by atoms with Crippen LogP contribution >= 0.6 is 0 Å². The number of ether oxygens (including phenoxy) is 1. The number of hydrogen-bond donors (Lipinski definition) is 3. The van der Waals surface area contributed by atoms with Crippen molar-refractivity contribution in [3.8, 4) is 5.75 Å². The number of hydroxylamine groups is 1. The molecule has 1 aromatic carbocycles. The average molecular weight is 462 g/mol. The van der Waals surface area contributed by atoms with Gasteiger partial charge in [0, 0.05) is 31.2 Å². The predicted molar refractivity (Wildman–Crippen MR) is 121 cm³/mol. The minimum Gasteiger partial charge on any atom is -0.497 e. The van der Waals surface area contributed by atoms with Crippen LogP contribution in [0, 0.1) is 11.8 Å². The predicted octanol–water partition coefficient (Wildman–Crippen LogP) is 2.21. The van der Waals surface area contributed by atoms with E-state index in [1.165, 1.54) is 0 Å². The zero-order chi connectivity index (χ0) is 24.4. The standard InChI is InChI=1S/C24H35N3O6/c1-4-8-19-16(2)23(30)27(24(19)31)20(15-17-10-12-18(33-3)13-11-17)22(29)25-14-7-5-6-9-21(28)26-32/h10-13,16,19-20,32H,4-9,14-15H2,1-3H3,(H,25,29)(H,26,28). The Labute approximate surface area is 194 Å². The lowest BCUT2D eigenvalue weighted by molar-refractivity contribution is -0.148. The van der Waals surface area contributed by atoms with Gasteiger partial charge in [0.2, 0.25) is 23.6 Å². The maximum absolute atomic E-state index is 13.1. The third-order valence-corrected chi connectivity index (χ3v) is 6.09. The molecule has 1 aromatic rings. The van der Waals surface area contributed by atoms with Crippen LogP contribution in [0.2, 0.25) is 0 Å². The molecule has 0 bridgehead atoms. The van der Waals surface area contributed by atoms with Gasteiger partial charge in [-0.15, -0.1) is 0 Å². The fourth-order valence-corrected chi connectivity index (χ4v) is 4.14. The summed E-state index contributed by atoms with van der Waals surface area (Å²) in [7, 11) is 1.57. The normalized spacial score (nSPS) is 18.8. The van der Waals surface area contributed by atoms with Gasteiger partial charge in [-0.05, 0) is 37.0 Å². The summed E-state index contributed by atoms with van der Waals surface area (Å²) in [5, 5.41) is 11.4. The number of nitrogens with one attached hydrogen (secondary N) is 2. The van der Waals surface area contributed by atoms with Crippen LogP contribution in [0.25, 0.3) is 0 Å². The number of rotatable bonds is 13. The quantitative estimate of drug-likeness (QED) is 0.179. The van der Waals surface area contributed by atoms with Gasteiger partial charge in [-0.3, -0.25) is 29.3 Å². The largest absolute Gasteiger partial charge is 0.497 e. The number of imide groups is 1. The highest BCUT2D eigenvalue weighted by Gasteiger charge is 2.48. The molecule has 1 saturated heterocycles. The second-order valence-electron chi connectivity index (χ2n) is 8.43. The molecule has 1 aliphatic heterocycles. The lowest BCUT2D eigenvalue weighted by atomic mass is 9.93. The molecule has 4 amide bonds. The zero-order valence-corrected chi connectivity index (χ0v) is 19.6. The van der Waals surface area contributed by atoms with Crippen molar-refractivity contribution < 1.29 is 29.1 Å². The van der Waals surface area contributed by atoms with Crippen molar-refractivity contribution in [2.45, 2.75) is 64.8 Å². The molecule has 3 unspecified atom stereocenters. The SMILES string of the molecule is CCCC1C(=O)N(C(Cc2ccc(OC)cc2)C(=O)NCCCCCC(=O)NO)C(=O)C1C. The lowest BCUT2D eigenvalue weighted by Gasteiger charge is -2.26. The van der Waals surface area contributed by atoms with Crippen LogP contribution in [-0.2, 0) is 25.6 Å². The van der Waals surface area contributed by atoms with E-state index in [0.29, 0.717) is 38.0 Å². The summed E-state index contributed by atoms with van der Waals surface area (Å²) in [6.07, 6.45) is 3.72. The highest BCUT2D eigenvalue weighted by molar-refractivity contribution is 6.08. The van der Waals surface area contributed by atoms with Crippen molar-refractivity contribution in [1.82, 2.24) is 15.7 Å². The molecule has 3 N–H and O–H groups in total. The minimum absolute atomic E-state index is 0.206. The number of likely N-dealkylation sites (tertiary alicyclic amines) is 1. The first-order chi connectivity index (χ1) is 15.8. The summed E-state index contributed by atoms with van der Waals surface area (Å²) in [6.45, 7) is 4.09. The Morgan fingerprint density at radius 3 is 2.42 bits per heavy atom. The van der Waals surface area contributed by atoms with Gasteiger partial charge in [-0.25, -0.2) is 5.48 Å². The molecular weight excluding hydrogens is 426 g/mol. The van der Waals surface area contributed by atoms with Crippen LogP contribution < -0.4 is 15.5 Å². The molecule has 1 fully saturated rings. The van der Waals surface area contributed by atoms with E-state index in [1.54, 1.807) is 31.6 Å². The first-order valence-electron chi connectivity index (χ1n) is 11.5. The van der Waals surface area contributed by atoms with E-state index in [1.807, 2.05) is 19.1 Å². The van der Waals surface area contributed by atoms with Gasteiger partial charge in [-0.2, -0.15) is 0 Å². The Kier molecular flexibility index (Phi) is 10.3. The number of unbranched alkanes of at least 4 members (excludes halogenated alkanes) is 2. The van der Waals surface area contributed by atoms with Crippen molar-refractivity contribution in [2.75, 3.05) is 13.7 Å². The first kappa shape index (κ1) is 26.3. The van der Waals surface area contributed by atoms with E-state index in [9.17, 15) is 19.2 Å². The Hall–Kier alpha value is -2.94. The van der Waals surface area contributed by atoms with E-state index in [4.69, 9.17) is 9.94 Å². The monoisotopic (exact) mass is 461 g/mol. The van der Waals surface area contributed by atoms with Crippen LogP contribution in [0.15, 0.2) is 24.3 Å². The number of nitrogens with zero attached hydrogens (tertiary/aromatic N) is 1. The van der Waals surface area contributed by atoms with E-state index in [-0.39, 0.29) is 30.6 Å². The van der Waals surface area contributed by atoms with Gasteiger partial charge in [0.1, 0.15) is 11.8 Å². The van der Waals surface area contributed by atoms with E-state index >= 15 is 0 Å². The topological polar surface area (TPSA) is 125 Å². The Morgan fingerprint density at radius 1 is 1.12 bits per heavy atom. The molecule has 0 spiro atoms. The molecule has 182 valence electrons. The number of carbonyl (C=O) groups is 4. The number of methoxy groups -OCH3 is 1. The third kappa shape index (κ3) is 7.02. The van der Waals surface area contributed by atoms with E-state index < -0.39 is 23.8 Å². The Morgan fingerprint density at radius 2 is 1.82 bits per heavy atom.